The normalized spacial score (nSPS) is 16.8. The van der Waals surface area contributed by atoms with E-state index in [0.717, 1.165) is 50.8 Å². The van der Waals surface area contributed by atoms with Crippen LogP contribution in [0.2, 0.25) is 5.02 Å². The van der Waals surface area contributed by atoms with Crippen LogP contribution in [0.15, 0.2) is 91.3 Å². The van der Waals surface area contributed by atoms with Gasteiger partial charge in [-0.3, -0.25) is 19.7 Å². The third-order valence-corrected chi connectivity index (χ3v) is 12.0. The van der Waals surface area contributed by atoms with Gasteiger partial charge in [-0.05, 0) is 107 Å². The van der Waals surface area contributed by atoms with Crippen LogP contribution in [-0.4, -0.2) is 76.5 Å². The summed E-state index contributed by atoms with van der Waals surface area (Å²) in [5, 5.41) is 7.66. The Kier molecular flexibility index (Phi) is 12.8. The molecule has 6 rings (SSSR count). The van der Waals surface area contributed by atoms with Crippen molar-refractivity contribution < 1.29 is 27.2 Å². The molecule has 0 aliphatic carbocycles. The van der Waals surface area contributed by atoms with Crippen LogP contribution in [0, 0.1) is 20.8 Å². The topological polar surface area (TPSA) is 148 Å². The molecule has 2 atom stereocenters. The molecule has 56 heavy (non-hydrogen) atoms. The number of nitrogens with one attached hydrogen (secondary N) is 2. The number of carbonyl (C=O) groups excluding carboxylic acids is 1. The minimum Gasteiger partial charge on any atom is -0.497 e. The predicted molar refractivity (Wildman–Crippen MR) is 221 cm³/mol. The molecule has 0 bridgehead atoms. The first kappa shape index (κ1) is 40.8. The second kappa shape index (κ2) is 17.5. The lowest BCUT2D eigenvalue weighted by atomic mass is 9.97. The first-order valence-corrected chi connectivity index (χ1v) is 20.6. The lowest BCUT2D eigenvalue weighted by molar-refractivity contribution is -0.121. The van der Waals surface area contributed by atoms with Gasteiger partial charge < -0.3 is 19.3 Å². The maximum absolute atomic E-state index is 13.6. The van der Waals surface area contributed by atoms with Crippen LogP contribution < -0.4 is 19.7 Å². The van der Waals surface area contributed by atoms with Crippen molar-refractivity contribution >= 4 is 44.8 Å². The Labute approximate surface area is 334 Å². The second-order valence-electron chi connectivity index (χ2n) is 14.1. The van der Waals surface area contributed by atoms with Crippen molar-refractivity contribution in [3.8, 4) is 16.9 Å². The highest BCUT2D eigenvalue weighted by Gasteiger charge is 2.36. The van der Waals surface area contributed by atoms with Crippen molar-refractivity contribution in [3.05, 3.63) is 105 Å². The number of sulfonamides is 1. The fourth-order valence-electron chi connectivity index (χ4n) is 7.16. The van der Waals surface area contributed by atoms with Crippen molar-refractivity contribution in [3.63, 3.8) is 0 Å². The molecule has 3 heterocycles. The van der Waals surface area contributed by atoms with E-state index in [4.69, 9.17) is 35.6 Å². The van der Waals surface area contributed by atoms with Gasteiger partial charge in [-0.1, -0.05) is 41.0 Å². The summed E-state index contributed by atoms with van der Waals surface area (Å²) < 4.78 is 45.8. The number of nitrogens with zero attached hydrogens (tertiary/aromatic N) is 4. The Bertz CT molecular complexity index is 2280. The number of halogens is 1. The van der Waals surface area contributed by atoms with Gasteiger partial charge in [0.05, 0.1) is 53.3 Å². The van der Waals surface area contributed by atoms with Gasteiger partial charge in [0, 0.05) is 48.0 Å². The van der Waals surface area contributed by atoms with Crippen molar-refractivity contribution in [2.45, 2.75) is 77.8 Å². The number of aliphatic imine (C=N–C) groups is 2. The third kappa shape index (κ3) is 8.91. The number of methoxy groups -OCH3 is 1. The van der Waals surface area contributed by atoms with Crippen LogP contribution in [0.3, 0.4) is 0 Å². The SMILES string of the molecule is COc1ccc2c(c1)C(c1ccc(Cl)cc1)=NC(CC(=O)NCCCOCCCNS(=O)(=O)c1cc(-c3c(C)noc3C)ccc1C)C1=C(C)C(C)N=C(C)N12. The third-order valence-electron chi connectivity index (χ3n) is 10.1. The number of ether oxygens (including phenoxy) is 2. The molecule has 2 aliphatic rings. The summed E-state index contributed by atoms with van der Waals surface area (Å²) in [7, 11) is -2.11. The molecule has 296 valence electrons. The Hall–Kier alpha value is -4.82. The highest BCUT2D eigenvalue weighted by Crippen LogP contribution is 2.40. The van der Waals surface area contributed by atoms with Crippen molar-refractivity contribution in [1.29, 1.82) is 0 Å². The molecule has 0 saturated carbocycles. The molecule has 12 nitrogen and oxygen atoms in total. The molecule has 4 aromatic rings. The van der Waals surface area contributed by atoms with Crippen LogP contribution in [-0.2, 0) is 19.6 Å². The minimum absolute atomic E-state index is 0.0670. The summed E-state index contributed by atoms with van der Waals surface area (Å²) in [6.45, 7) is 12.9. The number of rotatable bonds is 15. The first-order valence-electron chi connectivity index (χ1n) is 18.7. The zero-order valence-electron chi connectivity index (χ0n) is 32.9. The number of fused-ring (bicyclic) bond motifs is 3. The van der Waals surface area contributed by atoms with Crippen molar-refractivity contribution in [2.24, 2.45) is 9.98 Å². The Balaban J connectivity index is 1.04. The Morgan fingerprint density at radius 3 is 2.34 bits per heavy atom. The number of aryl methyl sites for hydroxylation is 3. The number of hydrogen-bond acceptors (Lipinski definition) is 10. The number of hydrogen-bond donors (Lipinski definition) is 2. The summed E-state index contributed by atoms with van der Waals surface area (Å²) >= 11 is 6.27. The van der Waals surface area contributed by atoms with Gasteiger partial charge in [0.25, 0.3) is 0 Å². The van der Waals surface area contributed by atoms with Crippen LogP contribution in [0.25, 0.3) is 11.1 Å². The number of aromatic nitrogens is 1. The highest BCUT2D eigenvalue weighted by molar-refractivity contribution is 7.89. The van der Waals surface area contributed by atoms with Gasteiger partial charge in [0.2, 0.25) is 15.9 Å². The van der Waals surface area contributed by atoms with E-state index in [1.165, 1.54) is 0 Å². The molecule has 0 radical (unpaired) electrons. The summed E-state index contributed by atoms with van der Waals surface area (Å²) in [6.07, 6.45) is 1.22. The molecule has 3 aromatic carbocycles. The van der Waals surface area contributed by atoms with Gasteiger partial charge in [-0.25, -0.2) is 13.1 Å². The number of amidine groups is 1. The summed E-state index contributed by atoms with van der Waals surface area (Å²) in [5.74, 6) is 2.02. The van der Waals surface area contributed by atoms with Crippen LogP contribution >= 0.6 is 11.6 Å². The maximum atomic E-state index is 13.6. The molecule has 2 unspecified atom stereocenters. The lowest BCUT2D eigenvalue weighted by Gasteiger charge is -2.36. The molecule has 2 aliphatic heterocycles. The molecular formula is C42H49ClN6O6S. The fourth-order valence-corrected chi connectivity index (χ4v) is 8.63. The Morgan fingerprint density at radius 1 is 0.929 bits per heavy atom. The molecule has 2 N–H and O–H groups in total. The molecule has 1 aromatic heterocycles. The summed E-state index contributed by atoms with van der Waals surface area (Å²) in [6, 6.07) is 18.2. The smallest absolute Gasteiger partial charge is 0.240 e. The molecular weight excluding hydrogens is 752 g/mol. The number of amides is 1. The van der Waals surface area contributed by atoms with E-state index >= 15 is 0 Å². The van der Waals surface area contributed by atoms with E-state index in [-0.39, 0.29) is 29.8 Å². The average molecular weight is 801 g/mol. The first-order chi connectivity index (χ1) is 26.8. The van der Waals surface area contributed by atoms with E-state index in [9.17, 15) is 13.2 Å². The maximum Gasteiger partial charge on any atom is 0.240 e. The van der Waals surface area contributed by atoms with Crippen molar-refractivity contribution in [1.82, 2.24) is 15.2 Å². The molecule has 0 saturated heterocycles. The molecule has 0 spiro atoms. The van der Waals surface area contributed by atoms with E-state index in [1.54, 1.807) is 33.1 Å². The van der Waals surface area contributed by atoms with Gasteiger partial charge in [0.15, 0.2) is 0 Å². The van der Waals surface area contributed by atoms with E-state index < -0.39 is 16.1 Å². The minimum atomic E-state index is -3.75. The molecule has 0 fully saturated rings. The highest BCUT2D eigenvalue weighted by atomic mass is 35.5. The van der Waals surface area contributed by atoms with Gasteiger partial charge in [0.1, 0.15) is 17.3 Å². The van der Waals surface area contributed by atoms with Gasteiger partial charge in [-0.15, -0.1) is 0 Å². The monoisotopic (exact) mass is 800 g/mol. The predicted octanol–water partition coefficient (Wildman–Crippen LogP) is 7.33. The van der Waals surface area contributed by atoms with E-state index in [2.05, 4.69) is 33.9 Å². The zero-order valence-corrected chi connectivity index (χ0v) is 34.5. The number of anilines is 1. The largest absolute Gasteiger partial charge is 0.497 e. The van der Waals surface area contributed by atoms with Gasteiger partial charge >= 0.3 is 0 Å². The second-order valence-corrected chi connectivity index (χ2v) is 16.3. The van der Waals surface area contributed by atoms with Crippen LogP contribution in [0.4, 0.5) is 5.69 Å². The average Bonchev–Trinajstić information content (AvgIpc) is 3.43. The quantitative estimate of drug-likeness (QED) is 0.119. The van der Waals surface area contributed by atoms with Crippen LogP contribution in [0.1, 0.15) is 68.2 Å². The molecule has 14 heteroatoms. The van der Waals surface area contributed by atoms with Crippen LogP contribution in [0.5, 0.6) is 5.75 Å². The van der Waals surface area contributed by atoms with Gasteiger partial charge in [-0.2, -0.15) is 0 Å². The fraction of sp³-hybridized carbons (Fsp3) is 0.381. The Morgan fingerprint density at radius 2 is 1.64 bits per heavy atom. The standard InChI is InChI=1S/C42H49ClN6O6S/c1-25-10-11-32(40-28(4)48-55-29(40)5)22-38(25)56(51,52)45-19-9-21-54-20-8-18-44-39(50)24-36-42-26(2)27(3)46-30(6)49(42)37-17-16-34(53-7)23-35(37)41(47-36)31-12-14-33(43)15-13-31/h10-17,22-23,27,36,45H,8-9,18-21,24H2,1-7H3,(H,44,50). The number of benzene rings is 3. The summed E-state index contributed by atoms with van der Waals surface area (Å²) in [5.41, 5.74) is 8.26. The van der Waals surface area contributed by atoms with E-state index in [0.29, 0.717) is 60.4 Å². The number of carbonyl (C=O) groups is 1. The lowest BCUT2D eigenvalue weighted by Crippen LogP contribution is -2.40. The van der Waals surface area contributed by atoms with E-state index in [1.807, 2.05) is 62.4 Å². The summed E-state index contributed by atoms with van der Waals surface area (Å²) in [4.78, 5) is 26.1. The van der Waals surface area contributed by atoms with Crippen molar-refractivity contribution in [2.75, 3.05) is 38.3 Å². The molecule has 1 amide bonds. The zero-order chi connectivity index (χ0) is 40.1.